The number of rotatable bonds is 3. The molecule has 0 spiro atoms. The van der Waals surface area contributed by atoms with Gasteiger partial charge < -0.3 is 4.90 Å². The molecule has 0 aliphatic carbocycles. The van der Waals surface area contributed by atoms with Crippen molar-refractivity contribution in [3.63, 3.8) is 0 Å². The summed E-state index contributed by atoms with van der Waals surface area (Å²) >= 11 is 0. The molecule has 3 aromatic rings. The van der Waals surface area contributed by atoms with Gasteiger partial charge in [0.05, 0.1) is 0 Å². The third-order valence-electron chi connectivity index (χ3n) is 5.16. The van der Waals surface area contributed by atoms with E-state index < -0.39 is 0 Å². The van der Waals surface area contributed by atoms with Crippen LogP contribution in [-0.4, -0.2) is 39.1 Å². The number of benzene rings is 2. The van der Waals surface area contributed by atoms with Gasteiger partial charge in [0, 0.05) is 30.1 Å². The van der Waals surface area contributed by atoms with Gasteiger partial charge in [-0.15, -0.1) is 0 Å². The molecule has 1 saturated heterocycles. The lowest BCUT2D eigenvalue weighted by molar-refractivity contribution is 0.0707. The van der Waals surface area contributed by atoms with Gasteiger partial charge in [0.1, 0.15) is 6.33 Å². The molecule has 2 heterocycles. The number of H-pyrrole nitrogens is 1. The second kappa shape index (κ2) is 7.12. The van der Waals surface area contributed by atoms with E-state index in [1.165, 1.54) is 17.5 Å². The normalized spacial score (nSPS) is 17.3. The standard InChI is InChI=1S/C21H22N4O/c1-15-5-2-3-7-19(15)18-6-4-12-25(13-18)21(26)17-10-8-16(9-11-17)20-22-14-23-24-20/h2-3,5,7-11,14,18H,4,6,12-13H2,1H3,(H,22,23,24)/t18-/m1/s1. The average Bonchev–Trinajstić information content (AvgIpc) is 3.23. The summed E-state index contributed by atoms with van der Waals surface area (Å²) in [5.41, 5.74) is 4.32. The lowest BCUT2D eigenvalue weighted by atomic mass is 9.88. The first-order chi connectivity index (χ1) is 12.7. The van der Waals surface area contributed by atoms with Gasteiger partial charge in [0.15, 0.2) is 5.82 Å². The van der Waals surface area contributed by atoms with Crippen molar-refractivity contribution in [2.75, 3.05) is 13.1 Å². The molecule has 2 aromatic carbocycles. The Kier molecular flexibility index (Phi) is 4.52. The van der Waals surface area contributed by atoms with Crippen LogP contribution in [0.1, 0.15) is 40.2 Å². The Bertz CT molecular complexity index is 887. The number of aromatic amines is 1. The van der Waals surface area contributed by atoms with Gasteiger partial charge >= 0.3 is 0 Å². The predicted molar refractivity (Wildman–Crippen MR) is 101 cm³/mol. The highest BCUT2D eigenvalue weighted by molar-refractivity contribution is 5.94. The molecule has 132 valence electrons. The van der Waals surface area contributed by atoms with Crippen molar-refractivity contribution in [2.45, 2.75) is 25.7 Å². The largest absolute Gasteiger partial charge is 0.338 e. The summed E-state index contributed by atoms with van der Waals surface area (Å²) in [5, 5.41) is 6.70. The molecule has 1 aliphatic rings. The number of amides is 1. The summed E-state index contributed by atoms with van der Waals surface area (Å²) in [6, 6.07) is 16.1. The Labute approximate surface area is 153 Å². The van der Waals surface area contributed by atoms with Gasteiger partial charge in [-0.1, -0.05) is 36.4 Å². The second-order valence-electron chi connectivity index (χ2n) is 6.86. The van der Waals surface area contributed by atoms with E-state index in [4.69, 9.17) is 0 Å². The summed E-state index contributed by atoms with van der Waals surface area (Å²) < 4.78 is 0. The number of hydrogen-bond acceptors (Lipinski definition) is 3. The maximum Gasteiger partial charge on any atom is 0.253 e. The van der Waals surface area contributed by atoms with E-state index in [2.05, 4.69) is 46.4 Å². The predicted octanol–water partition coefficient (Wildman–Crippen LogP) is 3.80. The summed E-state index contributed by atoms with van der Waals surface area (Å²) in [6.45, 7) is 3.76. The molecule has 1 atom stereocenters. The van der Waals surface area contributed by atoms with Gasteiger partial charge in [-0.25, -0.2) is 4.98 Å². The molecule has 0 bridgehead atoms. The number of carbonyl (C=O) groups excluding carboxylic acids is 1. The van der Waals surface area contributed by atoms with Crippen LogP contribution in [0.15, 0.2) is 54.9 Å². The maximum absolute atomic E-state index is 12.9. The fraction of sp³-hybridized carbons (Fsp3) is 0.286. The smallest absolute Gasteiger partial charge is 0.253 e. The molecule has 1 aliphatic heterocycles. The van der Waals surface area contributed by atoms with Gasteiger partial charge in [-0.2, -0.15) is 5.10 Å². The zero-order valence-electron chi connectivity index (χ0n) is 14.9. The summed E-state index contributed by atoms with van der Waals surface area (Å²) in [5.74, 6) is 1.23. The molecule has 5 nitrogen and oxygen atoms in total. The van der Waals surface area contributed by atoms with E-state index in [9.17, 15) is 4.79 Å². The van der Waals surface area contributed by atoms with Gasteiger partial charge in [0.2, 0.25) is 0 Å². The number of aryl methyl sites for hydroxylation is 1. The quantitative estimate of drug-likeness (QED) is 0.785. The Hall–Kier alpha value is -2.95. The number of piperidine rings is 1. The van der Waals surface area contributed by atoms with Gasteiger partial charge in [-0.05, 0) is 43.0 Å². The molecular weight excluding hydrogens is 324 g/mol. The van der Waals surface area contributed by atoms with Crippen molar-refractivity contribution in [3.8, 4) is 11.4 Å². The third kappa shape index (κ3) is 3.25. The number of nitrogens with zero attached hydrogens (tertiary/aromatic N) is 3. The first-order valence-electron chi connectivity index (χ1n) is 9.03. The Morgan fingerprint density at radius 1 is 1.15 bits per heavy atom. The summed E-state index contributed by atoms with van der Waals surface area (Å²) in [7, 11) is 0. The van der Waals surface area contributed by atoms with Crippen molar-refractivity contribution < 1.29 is 4.79 Å². The van der Waals surface area contributed by atoms with E-state index in [1.54, 1.807) is 0 Å². The number of hydrogen-bond donors (Lipinski definition) is 1. The van der Waals surface area contributed by atoms with Crippen molar-refractivity contribution >= 4 is 5.91 Å². The summed E-state index contributed by atoms with van der Waals surface area (Å²) in [4.78, 5) is 19.1. The first kappa shape index (κ1) is 16.5. The Morgan fingerprint density at radius 3 is 2.69 bits per heavy atom. The minimum atomic E-state index is 0.104. The molecule has 1 aromatic heterocycles. The van der Waals surface area contributed by atoms with Crippen LogP contribution >= 0.6 is 0 Å². The lowest BCUT2D eigenvalue weighted by Crippen LogP contribution is -2.39. The maximum atomic E-state index is 12.9. The number of likely N-dealkylation sites (tertiary alicyclic amines) is 1. The van der Waals surface area contributed by atoms with Gasteiger partial charge in [0.25, 0.3) is 5.91 Å². The van der Waals surface area contributed by atoms with Crippen molar-refractivity contribution in [3.05, 3.63) is 71.5 Å². The highest BCUT2D eigenvalue weighted by atomic mass is 16.2. The topological polar surface area (TPSA) is 61.9 Å². The molecule has 0 saturated carbocycles. The molecule has 1 fully saturated rings. The average molecular weight is 346 g/mol. The molecular formula is C21H22N4O. The van der Waals surface area contributed by atoms with Crippen LogP contribution in [0.25, 0.3) is 11.4 Å². The first-order valence-corrected chi connectivity index (χ1v) is 9.03. The summed E-state index contributed by atoms with van der Waals surface area (Å²) in [6.07, 6.45) is 3.66. The van der Waals surface area contributed by atoms with E-state index in [1.807, 2.05) is 29.2 Å². The molecule has 26 heavy (non-hydrogen) atoms. The fourth-order valence-electron chi connectivity index (χ4n) is 3.76. The number of carbonyl (C=O) groups is 1. The van der Waals surface area contributed by atoms with Crippen LogP contribution in [0.2, 0.25) is 0 Å². The third-order valence-corrected chi connectivity index (χ3v) is 5.16. The van der Waals surface area contributed by atoms with Crippen LogP contribution < -0.4 is 0 Å². The highest BCUT2D eigenvalue weighted by Gasteiger charge is 2.26. The number of aromatic nitrogens is 3. The molecule has 1 N–H and O–H groups in total. The van der Waals surface area contributed by atoms with Crippen molar-refractivity contribution in [1.29, 1.82) is 0 Å². The second-order valence-corrected chi connectivity index (χ2v) is 6.86. The zero-order chi connectivity index (χ0) is 17.9. The zero-order valence-corrected chi connectivity index (χ0v) is 14.9. The van der Waals surface area contributed by atoms with E-state index in [0.717, 1.165) is 37.1 Å². The van der Waals surface area contributed by atoms with Crippen LogP contribution in [-0.2, 0) is 0 Å². The minimum Gasteiger partial charge on any atom is -0.338 e. The highest BCUT2D eigenvalue weighted by Crippen LogP contribution is 2.29. The fourth-order valence-corrected chi connectivity index (χ4v) is 3.76. The monoisotopic (exact) mass is 346 g/mol. The number of nitrogens with one attached hydrogen (secondary N) is 1. The Balaban J connectivity index is 1.50. The van der Waals surface area contributed by atoms with Gasteiger partial charge in [-0.3, -0.25) is 9.89 Å². The van der Waals surface area contributed by atoms with Crippen LogP contribution in [0.5, 0.6) is 0 Å². The van der Waals surface area contributed by atoms with Crippen LogP contribution in [0, 0.1) is 6.92 Å². The van der Waals surface area contributed by atoms with Crippen molar-refractivity contribution in [1.82, 2.24) is 20.1 Å². The lowest BCUT2D eigenvalue weighted by Gasteiger charge is -2.33. The van der Waals surface area contributed by atoms with E-state index in [0.29, 0.717) is 11.7 Å². The molecule has 1 amide bonds. The van der Waals surface area contributed by atoms with Crippen LogP contribution in [0.3, 0.4) is 0 Å². The van der Waals surface area contributed by atoms with E-state index >= 15 is 0 Å². The molecule has 0 radical (unpaired) electrons. The molecule has 4 rings (SSSR count). The molecule has 0 unspecified atom stereocenters. The minimum absolute atomic E-state index is 0.104. The molecule has 5 heteroatoms. The van der Waals surface area contributed by atoms with Crippen LogP contribution in [0.4, 0.5) is 0 Å². The van der Waals surface area contributed by atoms with Crippen molar-refractivity contribution in [2.24, 2.45) is 0 Å². The SMILES string of the molecule is Cc1ccccc1[C@@H]1CCCN(C(=O)c2ccc(-c3ncn[nH]3)cc2)C1. The van der Waals surface area contributed by atoms with E-state index in [-0.39, 0.29) is 5.91 Å². The Morgan fingerprint density at radius 2 is 1.96 bits per heavy atom.